The standard InChI is InChI=1S/C20H23N3O2.H3N/c1-13(2)18(24)11-22-20-16-9-5-6-10-17(16)23(25)12-14-7-3-4-8-15(14)19(20)21;/h3-10,13,22,25H,11-12,21H2,1-2H3;1H3/b20-19-;. The SMILES string of the molecule is CC(C)C(=O)CN/C1=C(\N)c2ccccc2CN(O)c2ccccc21.N. The Hall–Kier alpha value is -2.83. The van der Waals surface area contributed by atoms with Crippen molar-refractivity contribution in [2.75, 3.05) is 11.6 Å². The first-order valence-electron chi connectivity index (χ1n) is 8.39. The van der Waals surface area contributed by atoms with Crippen molar-refractivity contribution in [3.8, 4) is 0 Å². The van der Waals surface area contributed by atoms with Gasteiger partial charge in [0.05, 0.1) is 30.2 Å². The maximum atomic E-state index is 12.1. The zero-order valence-electron chi connectivity index (χ0n) is 15.2. The van der Waals surface area contributed by atoms with Crippen LogP contribution in [0.2, 0.25) is 0 Å². The van der Waals surface area contributed by atoms with E-state index in [9.17, 15) is 10.0 Å². The van der Waals surface area contributed by atoms with Gasteiger partial charge in [-0.3, -0.25) is 15.1 Å². The molecule has 1 aliphatic rings. The van der Waals surface area contributed by atoms with Gasteiger partial charge in [-0.1, -0.05) is 56.3 Å². The van der Waals surface area contributed by atoms with Crippen LogP contribution >= 0.6 is 0 Å². The molecule has 1 aliphatic heterocycles. The van der Waals surface area contributed by atoms with Crippen LogP contribution in [0.4, 0.5) is 5.69 Å². The minimum Gasteiger partial charge on any atom is -0.397 e. The Balaban J connectivity index is 0.00000243. The number of benzene rings is 2. The van der Waals surface area contributed by atoms with E-state index in [1.165, 1.54) is 5.06 Å². The number of hydrogen-bond acceptors (Lipinski definition) is 6. The van der Waals surface area contributed by atoms with E-state index in [1.54, 1.807) is 0 Å². The molecule has 6 heteroatoms. The Bertz CT molecular complexity index is 830. The first kappa shape index (κ1) is 19.5. The molecule has 7 N–H and O–H groups in total. The van der Waals surface area contributed by atoms with E-state index < -0.39 is 0 Å². The number of ketones is 1. The highest BCUT2D eigenvalue weighted by Gasteiger charge is 2.22. The van der Waals surface area contributed by atoms with Crippen molar-refractivity contribution in [3.63, 3.8) is 0 Å². The lowest BCUT2D eigenvalue weighted by molar-refractivity contribution is -0.120. The van der Waals surface area contributed by atoms with Crippen molar-refractivity contribution in [1.82, 2.24) is 11.5 Å². The molecule has 0 fully saturated rings. The highest BCUT2D eigenvalue weighted by atomic mass is 16.5. The minimum absolute atomic E-state index is 0. The highest BCUT2D eigenvalue weighted by molar-refractivity contribution is 5.95. The number of carbonyl (C=O) groups is 1. The van der Waals surface area contributed by atoms with Gasteiger partial charge in [0, 0.05) is 17.0 Å². The summed E-state index contributed by atoms with van der Waals surface area (Å²) in [6, 6.07) is 15.2. The number of anilines is 1. The number of hydroxylamine groups is 1. The van der Waals surface area contributed by atoms with Gasteiger partial charge in [-0.2, -0.15) is 0 Å². The predicted molar refractivity (Wildman–Crippen MR) is 105 cm³/mol. The van der Waals surface area contributed by atoms with Gasteiger partial charge in [0.2, 0.25) is 0 Å². The molecular formula is C20H26N4O2. The van der Waals surface area contributed by atoms with E-state index in [4.69, 9.17) is 5.73 Å². The summed E-state index contributed by atoms with van der Waals surface area (Å²) in [4.78, 5) is 12.1. The molecule has 0 radical (unpaired) electrons. The van der Waals surface area contributed by atoms with E-state index in [1.807, 2.05) is 62.4 Å². The van der Waals surface area contributed by atoms with Crippen molar-refractivity contribution in [2.45, 2.75) is 20.4 Å². The van der Waals surface area contributed by atoms with Gasteiger partial charge >= 0.3 is 0 Å². The Labute approximate surface area is 153 Å². The summed E-state index contributed by atoms with van der Waals surface area (Å²) in [7, 11) is 0. The summed E-state index contributed by atoms with van der Waals surface area (Å²) < 4.78 is 0. The monoisotopic (exact) mass is 354 g/mol. The van der Waals surface area contributed by atoms with Crippen LogP contribution in [0.3, 0.4) is 0 Å². The topological polar surface area (TPSA) is 114 Å². The average molecular weight is 354 g/mol. The lowest BCUT2D eigenvalue weighted by Gasteiger charge is -2.27. The fraction of sp³-hybridized carbons (Fsp3) is 0.250. The van der Waals surface area contributed by atoms with Crippen molar-refractivity contribution < 1.29 is 10.0 Å². The molecule has 3 rings (SSSR count). The fourth-order valence-electron chi connectivity index (χ4n) is 2.93. The predicted octanol–water partition coefficient (Wildman–Crippen LogP) is 3.16. The summed E-state index contributed by atoms with van der Waals surface area (Å²) in [6.45, 7) is 4.28. The summed E-state index contributed by atoms with van der Waals surface area (Å²) in [6.07, 6.45) is 0. The van der Waals surface area contributed by atoms with Crippen LogP contribution < -0.4 is 22.3 Å². The Morgan fingerprint density at radius 3 is 2.46 bits per heavy atom. The number of rotatable bonds is 4. The molecule has 0 spiro atoms. The van der Waals surface area contributed by atoms with Gasteiger partial charge < -0.3 is 17.2 Å². The molecule has 0 aromatic heterocycles. The summed E-state index contributed by atoms with van der Waals surface area (Å²) in [5, 5.41) is 15.0. The van der Waals surface area contributed by atoms with Crippen LogP contribution in [-0.4, -0.2) is 17.5 Å². The van der Waals surface area contributed by atoms with Crippen LogP contribution in [0.5, 0.6) is 0 Å². The number of para-hydroxylation sites is 1. The van der Waals surface area contributed by atoms with E-state index in [2.05, 4.69) is 5.32 Å². The van der Waals surface area contributed by atoms with Crippen LogP contribution in [0, 0.1) is 5.92 Å². The third-order valence-electron chi connectivity index (χ3n) is 4.43. The number of nitrogens with zero attached hydrogens (tertiary/aromatic N) is 1. The maximum absolute atomic E-state index is 12.1. The largest absolute Gasteiger partial charge is 0.397 e. The molecule has 1 heterocycles. The Morgan fingerprint density at radius 1 is 1.15 bits per heavy atom. The average Bonchev–Trinajstić information content (AvgIpc) is 2.61. The Kier molecular flexibility index (Phi) is 6.02. The quantitative estimate of drug-likeness (QED) is 0.671. The van der Waals surface area contributed by atoms with Crippen molar-refractivity contribution in [2.24, 2.45) is 11.7 Å². The molecule has 2 aromatic rings. The van der Waals surface area contributed by atoms with Gasteiger partial charge in [0.1, 0.15) is 0 Å². The molecule has 6 nitrogen and oxygen atoms in total. The van der Waals surface area contributed by atoms with Gasteiger partial charge in [0.15, 0.2) is 5.78 Å². The maximum Gasteiger partial charge on any atom is 0.154 e. The van der Waals surface area contributed by atoms with Gasteiger partial charge in [-0.05, 0) is 11.6 Å². The lowest BCUT2D eigenvalue weighted by Crippen LogP contribution is -2.29. The molecule has 0 atom stereocenters. The number of nitrogens with two attached hydrogens (primary N) is 1. The van der Waals surface area contributed by atoms with Crippen LogP contribution in [0.1, 0.15) is 30.5 Å². The second-order valence-corrected chi connectivity index (χ2v) is 6.50. The molecule has 0 aliphatic carbocycles. The van der Waals surface area contributed by atoms with Crippen molar-refractivity contribution >= 4 is 22.9 Å². The molecular weight excluding hydrogens is 328 g/mol. The number of nitrogens with one attached hydrogen (secondary N) is 1. The minimum atomic E-state index is -0.0558. The van der Waals surface area contributed by atoms with Crippen molar-refractivity contribution in [1.29, 1.82) is 0 Å². The molecule has 2 aromatic carbocycles. The summed E-state index contributed by atoms with van der Waals surface area (Å²) in [5.41, 5.74) is 10.9. The van der Waals surface area contributed by atoms with Gasteiger partial charge in [-0.15, -0.1) is 0 Å². The zero-order chi connectivity index (χ0) is 18.0. The lowest BCUT2D eigenvalue weighted by atomic mass is 9.97. The van der Waals surface area contributed by atoms with Gasteiger partial charge in [-0.25, -0.2) is 0 Å². The van der Waals surface area contributed by atoms with E-state index in [-0.39, 0.29) is 24.4 Å². The zero-order valence-corrected chi connectivity index (χ0v) is 15.2. The first-order valence-corrected chi connectivity index (χ1v) is 8.39. The van der Waals surface area contributed by atoms with Crippen molar-refractivity contribution in [3.05, 3.63) is 65.2 Å². The molecule has 0 amide bonds. The number of carbonyl (C=O) groups excluding carboxylic acids is 1. The van der Waals surface area contributed by atoms with Crippen LogP contribution in [0.15, 0.2) is 48.5 Å². The third kappa shape index (κ3) is 3.71. The second-order valence-electron chi connectivity index (χ2n) is 6.50. The number of fused-ring (bicyclic) bond motifs is 2. The van der Waals surface area contributed by atoms with E-state index in [0.717, 1.165) is 16.7 Å². The summed E-state index contributed by atoms with van der Waals surface area (Å²) >= 11 is 0. The normalized spacial score (nSPS) is 16.1. The van der Waals surface area contributed by atoms with E-state index in [0.29, 0.717) is 23.6 Å². The molecule has 138 valence electrons. The summed E-state index contributed by atoms with van der Waals surface area (Å²) in [5.74, 6) is 0.0498. The molecule has 0 unspecified atom stereocenters. The highest BCUT2D eigenvalue weighted by Crippen LogP contribution is 2.33. The third-order valence-corrected chi connectivity index (χ3v) is 4.43. The molecule has 0 bridgehead atoms. The molecule has 26 heavy (non-hydrogen) atoms. The fourth-order valence-corrected chi connectivity index (χ4v) is 2.93. The molecule has 0 saturated heterocycles. The Morgan fingerprint density at radius 2 is 1.77 bits per heavy atom. The number of hydrogen-bond donors (Lipinski definition) is 4. The smallest absolute Gasteiger partial charge is 0.154 e. The first-order chi connectivity index (χ1) is 12.0. The van der Waals surface area contributed by atoms with Crippen LogP contribution in [0.25, 0.3) is 11.4 Å². The molecule has 0 saturated carbocycles. The van der Waals surface area contributed by atoms with Crippen LogP contribution in [-0.2, 0) is 11.3 Å². The number of Topliss-reactive ketones (excluding diaryl/α,β-unsaturated/α-hetero) is 1. The van der Waals surface area contributed by atoms with Gasteiger partial charge in [0.25, 0.3) is 0 Å². The van der Waals surface area contributed by atoms with E-state index >= 15 is 0 Å². The second kappa shape index (κ2) is 8.03.